The topological polar surface area (TPSA) is 68.2 Å². The Bertz CT molecular complexity index is 582. The Hall–Kier alpha value is -1.66. The van der Waals surface area contributed by atoms with Gasteiger partial charge in [-0.1, -0.05) is 11.2 Å². The van der Waals surface area contributed by atoms with Crippen molar-refractivity contribution < 1.29 is 8.91 Å². The van der Waals surface area contributed by atoms with Gasteiger partial charge < -0.3 is 15.2 Å². The van der Waals surface area contributed by atoms with E-state index in [2.05, 4.69) is 10.1 Å². The Morgan fingerprint density at radius 1 is 1.38 bits per heavy atom. The molecule has 2 N–H and O–H groups in total. The zero-order valence-electron chi connectivity index (χ0n) is 12.3. The SMILES string of the molecule is CCN(Cc1nc(C(C)(C)N)no1)c1cccc(F)c1.Cl. The van der Waals surface area contributed by atoms with Crippen LogP contribution in [-0.2, 0) is 12.1 Å². The molecule has 0 aliphatic heterocycles. The summed E-state index contributed by atoms with van der Waals surface area (Å²) in [5.74, 6) is 0.655. The van der Waals surface area contributed by atoms with Crippen molar-refractivity contribution in [3.63, 3.8) is 0 Å². The second kappa shape index (κ2) is 6.87. The van der Waals surface area contributed by atoms with Crippen LogP contribution >= 0.6 is 12.4 Å². The van der Waals surface area contributed by atoms with E-state index in [1.165, 1.54) is 12.1 Å². The number of hydrogen-bond acceptors (Lipinski definition) is 5. The van der Waals surface area contributed by atoms with Crippen LogP contribution in [0.1, 0.15) is 32.5 Å². The van der Waals surface area contributed by atoms with Crippen LogP contribution < -0.4 is 10.6 Å². The normalized spacial score (nSPS) is 11.1. The summed E-state index contributed by atoms with van der Waals surface area (Å²) in [6.45, 7) is 6.73. The van der Waals surface area contributed by atoms with E-state index >= 15 is 0 Å². The largest absolute Gasteiger partial charge is 0.362 e. The fourth-order valence-corrected chi connectivity index (χ4v) is 1.80. The van der Waals surface area contributed by atoms with Crippen molar-refractivity contribution in [3.8, 4) is 0 Å². The monoisotopic (exact) mass is 314 g/mol. The molecule has 7 heteroatoms. The van der Waals surface area contributed by atoms with Crippen molar-refractivity contribution in [2.45, 2.75) is 32.9 Å². The van der Waals surface area contributed by atoms with Gasteiger partial charge in [0, 0.05) is 12.2 Å². The van der Waals surface area contributed by atoms with Gasteiger partial charge in [-0.15, -0.1) is 12.4 Å². The van der Waals surface area contributed by atoms with E-state index in [1.807, 2.05) is 31.7 Å². The van der Waals surface area contributed by atoms with E-state index in [0.717, 1.165) is 5.69 Å². The number of benzene rings is 1. The number of aromatic nitrogens is 2. The third kappa shape index (κ3) is 4.41. The summed E-state index contributed by atoms with van der Waals surface area (Å²) < 4.78 is 18.5. The van der Waals surface area contributed by atoms with Crippen LogP contribution in [0, 0.1) is 5.82 Å². The Labute approximate surface area is 129 Å². The highest BCUT2D eigenvalue weighted by atomic mass is 35.5. The molecule has 1 aromatic carbocycles. The van der Waals surface area contributed by atoms with Gasteiger partial charge in [0.1, 0.15) is 5.82 Å². The molecule has 1 aromatic heterocycles. The van der Waals surface area contributed by atoms with Crippen LogP contribution in [0.15, 0.2) is 28.8 Å². The van der Waals surface area contributed by atoms with Crippen molar-refractivity contribution in [3.05, 3.63) is 41.8 Å². The zero-order valence-corrected chi connectivity index (χ0v) is 13.2. The van der Waals surface area contributed by atoms with Crippen LogP contribution in [0.3, 0.4) is 0 Å². The molecule has 0 aliphatic carbocycles. The summed E-state index contributed by atoms with van der Waals surface area (Å²) >= 11 is 0. The van der Waals surface area contributed by atoms with Crippen LogP contribution in [0.25, 0.3) is 0 Å². The minimum Gasteiger partial charge on any atom is -0.362 e. The Kier molecular flexibility index (Phi) is 5.69. The van der Waals surface area contributed by atoms with E-state index in [9.17, 15) is 4.39 Å². The molecule has 2 rings (SSSR count). The lowest BCUT2D eigenvalue weighted by Crippen LogP contribution is -2.30. The molecule has 21 heavy (non-hydrogen) atoms. The van der Waals surface area contributed by atoms with Gasteiger partial charge >= 0.3 is 0 Å². The van der Waals surface area contributed by atoms with Crippen molar-refractivity contribution in [1.82, 2.24) is 10.1 Å². The smallest absolute Gasteiger partial charge is 0.246 e. The average molecular weight is 315 g/mol. The lowest BCUT2D eigenvalue weighted by atomic mass is 10.1. The fraction of sp³-hybridized carbons (Fsp3) is 0.429. The van der Waals surface area contributed by atoms with Crippen LogP contribution in [-0.4, -0.2) is 16.7 Å². The highest BCUT2D eigenvalue weighted by molar-refractivity contribution is 5.85. The molecule has 0 radical (unpaired) electrons. The number of nitrogens with zero attached hydrogens (tertiary/aromatic N) is 3. The summed E-state index contributed by atoms with van der Waals surface area (Å²) in [6, 6.07) is 6.42. The van der Waals surface area contributed by atoms with Gasteiger partial charge in [0.15, 0.2) is 5.82 Å². The minimum atomic E-state index is -0.641. The average Bonchev–Trinajstić information content (AvgIpc) is 2.84. The van der Waals surface area contributed by atoms with Crippen molar-refractivity contribution >= 4 is 18.1 Å². The maximum Gasteiger partial charge on any atom is 0.246 e. The first-order valence-corrected chi connectivity index (χ1v) is 6.52. The summed E-state index contributed by atoms with van der Waals surface area (Å²) in [4.78, 5) is 6.23. The van der Waals surface area contributed by atoms with Gasteiger partial charge in [-0.2, -0.15) is 4.98 Å². The van der Waals surface area contributed by atoms with E-state index in [0.29, 0.717) is 24.8 Å². The molecular weight excluding hydrogens is 295 g/mol. The zero-order chi connectivity index (χ0) is 14.8. The van der Waals surface area contributed by atoms with Gasteiger partial charge in [-0.25, -0.2) is 4.39 Å². The summed E-state index contributed by atoms with van der Waals surface area (Å²) in [7, 11) is 0. The maximum absolute atomic E-state index is 13.3. The molecule has 0 amide bonds. The van der Waals surface area contributed by atoms with E-state index in [4.69, 9.17) is 10.3 Å². The quantitative estimate of drug-likeness (QED) is 0.919. The summed E-state index contributed by atoms with van der Waals surface area (Å²) in [5.41, 5.74) is 6.05. The molecule has 0 unspecified atom stereocenters. The van der Waals surface area contributed by atoms with Gasteiger partial charge in [-0.3, -0.25) is 0 Å². The first-order valence-electron chi connectivity index (χ1n) is 6.52. The minimum absolute atomic E-state index is 0. The molecule has 0 aliphatic rings. The van der Waals surface area contributed by atoms with Crippen LogP contribution in [0.5, 0.6) is 0 Å². The lowest BCUT2D eigenvalue weighted by Gasteiger charge is -2.21. The first-order chi connectivity index (χ1) is 9.40. The lowest BCUT2D eigenvalue weighted by molar-refractivity contribution is 0.359. The number of nitrogens with two attached hydrogens (primary N) is 1. The maximum atomic E-state index is 13.3. The van der Waals surface area contributed by atoms with Gasteiger partial charge in [0.05, 0.1) is 12.1 Å². The first kappa shape index (κ1) is 17.4. The molecule has 0 saturated heterocycles. The third-order valence-corrected chi connectivity index (χ3v) is 2.93. The van der Waals surface area contributed by atoms with Crippen LogP contribution in [0.2, 0.25) is 0 Å². The molecule has 0 saturated carbocycles. The van der Waals surface area contributed by atoms with Gasteiger partial charge in [0.2, 0.25) is 5.89 Å². The molecule has 5 nitrogen and oxygen atoms in total. The Morgan fingerprint density at radius 2 is 2.10 bits per heavy atom. The Morgan fingerprint density at radius 3 is 2.62 bits per heavy atom. The number of hydrogen-bond donors (Lipinski definition) is 1. The number of anilines is 1. The van der Waals surface area contributed by atoms with Crippen molar-refractivity contribution in [2.75, 3.05) is 11.4 Å². The van der Waals surface area contributed by atoms with Gasteiger partial charge in [-0.05, 0) is 39.0 Å². The van der Waals surface area contributed by atoms with Crippen molar-refractivity contribution in [2.24, 2.45) is 5.73 Å². The molecular formula is C14H20ClFN4O. The molecule has 0 fully saturated rings. The molecule has 0 bridgehead atoms. The highest BCUT2D eigenvalue weighted by Crippen LogP contribution is 2.19. The van der Waals surface area contributed by atoms with Crippen LogP contribution in [0.4, 0.5) is 10.1 Å². The Balaban J connectivity index is 0.00000220. The van der Waals surface area contributed by atoms with E-state index in [-0.39, 0.29) is 18.2 Å². The molecule has 0 atom stereocenters. The second-order valence-electron chi connectivity index (χ2n) is 5.23. The second-order valence-corrected chi connectivity index (χ2v) is 5.23. The fourth-order valence-electron chi connectivity index (χ4n) is 1.80. The molecule has 116 valence electrons. The summed E-state index contributed by atoms with van der Waals surface area (Å²) in [5, 5.41) is 3.87. The van der Waals surface area contributed by atoms with Gasteiger partial charge in [0.25, 0.3) is 0 Å². The highest BCUT2D eigenvalue weighted by Gasteiger charge is 2.22. The molecule has 1 heterocycles. The standard InChI is InChI=1S/C14H19FN4O.ClH/c1-4-19(11-7-5-6-10(15)8-11)9-12-17-13(18-20-12)14(2,3)16;/h5-8H,4,9,16H2,1-3H3;1H. The van der Waals surface area contributed by atoms with E-state index in [1.54, 1.807) is 6.07 Å². The molecule has 0 spiro atoms. The number of rotatable bonds is 5. The molecule has 2 aromatic rings. The number of halogens is 2. The van der Waals surface area contributed by atoms with Crippen molar-refractivity contribution in [1.29, 1.82) is 0 Å². The third-order valence-electron chi connectivity index (χ3n) is 2.93. The van der Waals surface area contributed by atoms with E-state index < -0.39 is 5.54 Å². The predicted octanol–water partition coefficient (Wildman–Crippen LogP) is 2.85. The predicted molar refractivity (Wildman–Crippen MR) is 81.9 cm³/mol. The summed E-state index contributed by atoms with van der Waals surface area (Å²) in [6.07, 6.45) is 0.